The van der Waals surface area contributed by atoms with Gasteiger partial charge in [0.1, 0.15) is 0 Å². The highest BCUT2D eigenvalue weighted by Gasteiger charge is 2.30. The number of halogens is 3. The molecule has 1 amide bonds. The fourth-order valence-electron chi connectivity index (χ4n) is 2.99. The first-order chi connectivity index (χ1) is 11.4. The van der Waals surface area contributed by atoms with Crippen LogP contribution in [0, 0.1) is 5.92 Å². The molecule has 1 aromatic carbocycles. The summed E-state index contributed by atoms with van der Waals surface area (Å²) in [7, 11) is 0. The van der Waals surface area contributed by atoms with Gasteiger partial charge >= 0.3 is 6.18 Å². The van der Waals surface area contributed by atoms with Crippen LogP contribution in [-0.4, -0.2) is 25.2 Å². The van der Waals surface area contributed by atoms with E-state index in [-0.39, 0.29) is 18.4 Å². The van der Waals surface area contributed by atoms with Crippen molar-refractivity contribution >= 4 is 5.91 Å². The van der Waals surface area contributed by atoms with Crippen LogP contribution >= 0.6 is 0 Å². The lowest BCUT2D eigenvalue weighted by Crippen LogP contribution is -2.32. The van der Waals surface area contributed by atoms with E-state index in [0.29, 0.717) is 24.6 Å². The number of hydrogen-bond donors (Lipinski definition) is 1. The van der Waals surface area contributed by atoms with Crippen LogP contribution in [0.5, 0.6) is 0 Å². The lowest BCUT2D eigenvalue weighted by Gasteiger charge is -2.28. The minimum Gasteiger partial charge on any atom is -0.376 e. The third-order valence-electron chi connectivity index (χ3n) is 4.43. The van der Waals surface area contributed by atoms with Crippen LogP contribution in [-0.2, 0) is 22.1 Å². The minimum atomic E-state index is -4.35. The molecular formula is C18H24F3NO2. The smallest absolute Gasteiger partial charge is 0.376 e. The molecule has 0 aliphatic heterocycles. The SMILES string of the molecule is C[C@@H]1CCCC[C@H]1OCCNC(=O)Cc1ccc(C(F)(F)F)cc1. The van der Waals surface area contributed by atoms with E-state index in [4.69, 9.17) is 4.74 Å². The van der Waals surface area contributed by atoms with Gasteiger partial charge in [0.05, 0.1) is 24.7 Å². The molecule has 1 saturated carbocycles. The third kappa shape index (κ3) is 5.82. The van der Waals surface area contributed by atoms with Crippen LogP contribution in [0.25, 0.3) is 0 Å². The van der Waals surface area contributed by atoms with Crippen molar-refractivity contribution in [2.24, 2.45) is 5.92 Å². The molecule has 0 unspecified atom stereocenters. The van der Waals surface area contributed by atoms with Crippen molar-refractivity contribution in [2.75, 3.05) is 13.2 Å². The quantitative estimate of drug-likeness (QED) is 0.794. The number of hydrogen-bond acceptors (Lipinski definition) is 2. The number of carbonyl (C=O) groups excluding carboxylic acids is 1. The Morgan fingerprint density at radius 1 is 1.21 bits per heavy atom. The molecule has 0 heterocycles. The molecule has 0 spiro atoms. The molecule has 6 heteroatoms. The molecule has 0 radical (unpaired) electrons. The van der Waals surface area contributed by atoms with E-state index in [1.54, 1.807) is 0 Å². The molecule has 2 rings (SSSR count). The first-order valence-corrected chi connectivity index (χ1v) is 8.40. The zero-order chi connectivity index (χ0) is 17.6. The van der Waals surface area contributed by atoms with E-state index in [0.717, 1.165) is 18.6 Å². The van der Waals surface area contributed by atoms with Crippen LogP contribution in [0.3, 0.4) is 0 Å². The summed E-state index contributed by atoms with van der Waals surface area (Å²) in [5.74, 6) is 0.344. The van der Waals surface area contributed by atoms with Crippen molar-refractivity contribution in [1.29, 1.82) is 0 Å². The summed E-state index contributed by atoms with van der Waals surface area (Å²) in [5, 5.41) is 2.74. The fourth-order valence-corrected chi connectivity index (χ4v) is 2.99. The van der Waals surface area contributed by atoms with Gasteiger partial charge in [0.2, 0.25) is 5.91 Å². The van der Waals surface area contributed by atoms with Gasteiger partial charge in [0.25, 0.3) is 0 Å². The monoisotopic (exact) mass is 343 g/mol. The van der Waals surface area contributed by atoms with E-state index in [1.165, 1.54) is 31.4 Å². The summed E-state index contributed by atoms with van der Waals surface area (Å²) in [5.41, 5.74) is -0.149. The van der Waals surface area contributed by atoms with Gasteiger partial charge in [-0.3, -0.25) is 4.79 Å². The molecular weight excluding hydrogens is 319 g/mol. The fraction of sp³-hybridized carbons (Fsp3) is 0.611. The van der Waals surface area contributed by atoms with Crippen molar-refractivity contribution in [3.63, 3.8) is 0 Å². The van der Waals surface area contributed by atoms with E-state index in [1.807, 2.05) is 0 Å². The Labute approximate surface area is 140 Å². The normalized spacial score (nSPS) is 21.5. The molecule has 1 aliphatic rings. The van der Waals surface area contributed by atoms with Gasteiger partial charge in [0, 0.05) is 6.54 Å². The predicted molar refractivity (Wildman–Crippen MR) is 85.5 cm³/mol. The zero-order valence-corrected chi connectivity index (χ0v) is 13.9. The molecule has 1 aromatic rings. The van der Waals surface area contributed by atoms with Crippen molar-refractivity contribution in [2.45, 2.75) is 51.3 Å². The van der Waals surface area contributed by atoms with Gasteiger partial charge in [-0.2, -0.15) is 13.2 Å². The highest BCUT2D eigenvalue weighted by atomic mass is 19.4. The summed E-state index contributed by atoms with van der Waals surface area (Å²) in [4.78, 5) is 11.8. The molecule has 1 aliphatic carbocycles. The Morgan fingerprint density at radius 2 is 1.88 bits per heavy atom. The summed E-state index contributed by atoms with van der Waals surface area (Å²) < 4.78 is 43.2. The maximum Gasteiger partial charge on any atom is 0.416 e. The van der Waals surface area contributed by atoms with Crippen molar-refractivity contribution < 1.29 is 22.7 Å². The number of amides is 1. The molecule has 1 fully saturated rings. The van der Waals surface area contributed by atoms with E-state index >= 15 is 0 Å². The summed E-state index contributed by atoms with van der Waals surface area (Å²) in [6.45, 7) is 3.07. The van der Waals surface area contributed by atoms with Crippen LogP contribution in [0.2, 0.25) is 0 Å². The number of benzene rings is 1. The molecule has 0 saturated heterocycles. The molecule has 24 heavy (non-hydrogen) atoms. The Hall–Kier alpha value is -1.56. The van der Waals surface area contributed by atoms with E-state index in [2.05, 4.69) is 12.2 Å². The number of rotatable bonds is 6. The van der Waals surface area contributed by atoms with Crippen molar-refractivity contribution in [1.82, 2.24) is 5.32 Å². The third-order valence-corrected chi connectivity index (χ3v) is 4.43. The lowest BCUT2D eigenvalue weighted by atomic mass is 9.88. The summed E-state index contributed by atoms with van der Waals surface area (Å²) >= 11 is 0. The first kappa shape index (κ1) is 18.8. The van der Waals surface area contributed by atoms with Crippen molar-refractivity contribution in [3.8, 4) is 0 Å². The number of alkyl halides is 3. The Bertz CT molecular complexity index is 528. The second-order valence-electron chi connectivity index (χ2n) is 6.39. The average molecular weight is 343 g/mol. The Balaban J connectivity index is 1.68. The largest absolute Gasteiger partial charge is 0.416 e. The maximum absolute atomic E-state index is 12.5. The summed E-state index contributed by atoms with van der Waals surface area (Å²) in [6.07, 6.45) is 0.684. The first-order valence-electron chi connectivity index (χ1n) is 8.40. The molecule has 3 nitrogen and oxygen atoms in total. The second kappa shape index (κ2) is 8.51. The number of carbonyl (C=O) groups is 1. The standard InChI is InChI=1S/C18H24F3NO2/c1-13-4-2-3-5-16(13)24-11-10-22-17(23)12-14-6-8-15(9-7-14)18(19,20)21/h6-9,13,16H,2-5,10-12H2,1H3,(H,22,23)/t13-,16-/m1/s1. The lowest BCUT2D eigenvalue weighted by molar-refractivity contribution is -0.137. The van der Waals surface area contributed by atoms with E-state index < -0.39 is 11.7 Å². The van der Waals surface area contributed by atoms with Crippen LogP contribution in [0.1, 0.15) is 43.7 Å². The minimum absolute atomic E-state index is 0.0674. The zero-order valence-electron chi connectivity index (χ0n) is 13.9. The highest BCUT2D eigenvalue weighted by molar-refractivity contribution is 5.78. The average Bonchev–Trinajstić information content (AvgIpc) is 2.53. The van der Waals surface area contributed by atoms with Gasteiger partial charge in [-0.05, 0) is 36.5 Å². The Morgan fingerprint density at radius 3 is 2.50 bits per heavy atom. The molecule has 2 atom stereocenters. The van der Waals surface area contributed by atoms with Crippen LogP contribution < -0.4 is 5.32 Å². The van der Waals surface area contributed by atoms with Gasteiger partial charge in [0.15, 0.2) is 0 Å². The number of nitrogens with one attached hydrogen (secondary N) is 1. The molecule has 0 aromatic heterocycles. The topological polar surface area (TPSA) is 38.3 Å². The molecule has 134 valence electrons. The van der Waals surface area contributed by atoms with Crippen LogP contribution in [0.4, 0.5) is 13.2 Å². The Kier molecular flexibility index (Phi) is 6.66. The maximum atomic E-state index is 12.5. The van der Waals surface area contributed by atoms with Crippen LogP contribution in [0.15, 0.2) is 24.3 Å². The predicted octanol–water partition coefficient (Wildman–Crippen LogP) is 3.96. The number of ether oxygens (including phenoxy) is 1. The van der Waals surface area contributed by atoms with Gasteiger partial charge in [-0.1, -0.05) is 31.9 Å². The summed E-state index contributed by atoms with van der Waals surface area (Å²) in [6, 6.07) is 4.66. The van der Waals surface area contributed by atoms with Gasteiger partial charge in [-0.15, -0.1) is 0 Å². The second-order valence-corrected chi connectivity index (χ2v) is 6.39. The van der Waals surface area contributed by atoms with Gasteiger partial charge in [-0.25, -0.2) is 0 Å². The van der Waals surface area contributed by atoms with Gasteiger partial charge < -0.3 is 10.1 Å². The highest BCUT2D eigenvalue weighted by Crippen LogP contribution is 2.29. The van der Waals surface area contributed by atoms with Crippen molar-refractivity contribution in [3.05, 3.63) is 35.4 Å². The molecule has 1 N–H and O–H groups in total. The van der Waals surface area contributed by atoms with E-state index in [9.17, 15) is 18.0 Å². The molecule has 0 bridgehead atoms.